The number of hydrogen-bond acceptors (Lipinski definition) is 6. The molecule has 1 aliphatic rings. The van der Waals surface area contributed by atoms with E-state index in [1.807, 2.05) is 23.4 Å². The minimum absolute atomic E-state index is 0.0627. The summed E-state index contributed by atoms with van der Waals surface area (Å²) in [6.45, 7) is 6.14. The quantitative estimate of drug-likeness (QED) is 0.889. The normalized spacial score (nSPS) is 15.2. The summed E-state index contributed by atoms with van der Waals surface area (Å²) in [5, 5.41) is 7.64. The number of rotatable bonds is 5. The van der Waals surface area contributed by atoms with Gasteiger partial charge in [-0.1, -0.05) is 0 Å². The van der Waals surface area contributed by atoms with Crippen LogP contribution in [0.3, 0.4) is 0 Å². The number of nitrogens with one attached hydrogen (secondary N) is 1. The maximum Gasteiger partial charge on any atom is 0.257 e. The average Bonchev–Trinajstić information content (AvgIpc) is 3.02. The van der Waals surface area contributed by atoms with Crippen molar-refractivity contribution in [3.05, 3.63) is 29.8 Å². The molecule has 1 saturated heterocycles. The molecule has 8 heteroatoms. The molecule has 0 atom stereocenters. The van der Waals surface area contributed by atoms with Crippen molar-refractivity contribution in [2.24, 2.45) is 0 Å². The fourth-order valence-electron chi connectivity index (χ4n) is 3.14. The second kappa shape index (κ2) is 7.50. The number of anilines is 1. The minimum atomic E-state index is 0.0627. The highest BCUT2D eigenvalue weighted by atomic mass is 16.5. The lowest BCUT2D eigenvalue weighted by atomic mass is 10.0. The Hall–Kier alpha value is -2.64. The summed E-state index contributed by atoms with van der Waals surface area (Å²) in [4.78, 5) is 23.0. The monoisotopic (exact) mass is 344 g/mol. The van der Waals surface area contributed by atoms with Crippen LogP contribution >= 0.6 is 0 Å². The van der Waals surface area contributed by atoms with E-state index in [1.165, 1.54) is 0 Å². The molecule has 1 N–H and O–H groups in total. The van der Waals surface area contributed by atoms with Crippen LogP contribution in [0.2, 0.25) is 0 Å². The molecule has 1 fully saturated rings. The highest BCUT2D eigenvalue weighted by molar-refractivity contribution is 5.95. The first-order valence-corrected chi connectivity index (χ1v) is 8.57. The first-order chi connectivity index (χ1) is 12.1. The molecule has 0 bridgehead atoms. The van der Waals surface area contributed by atoms with Crippen LogP contribution in [0.1, 0.15) is 35.8 Å². The number of likely N-dealkylation sites (tertiary alicyclic amines) is 1. The molecule has 3 heterocycles. The van der Waals surface area contributed by atoms with Crippen LogP contribution in [0.4, 0.5) is 5.82 Å². The van der Waals surface area contributed by atoms with Gasteiger partial charge in [-0.15, -0.1) is 0 Å². The lowest BCUT2D eigenvalue weighted by Gasteiger charge is -2.32. The number of piperidine rings is 1. The van der Waals surface area contributed by atoms with Gasteiger partial charge in [-0.2, -0.15) is 5.10 Å². The summed E-state index contributed by atoms with van der Waals surface area (Å²) in [7, 11) is 1.58. The zero-order valence-electron chi connectivity index (χ0n) is 14.9. The second-order valence-corrected chi connectivity index (χ2v) is 6.08. The van der Waals surface area contributed by atoms with E-state index < -0.39 is 0 Å². The smallest absolute Gasteiger partial charge is 0.257 e. The fraction of sp³-hybridized carbons (Fsp3) is 0.529. The van der Waals surface area contributed by atoms with Gasteiger partial charge in [0.2, 0.25) is 0 Å². The molecule has 2 aromatic heterocycles. The van der Waals surface area contributed by atoms with Gasteiger partial charge in [0, 0.05) is 43.8 Å². The molecular formula is C17H24N6O2. The van der Waals surface area contributed by atoms with Gasteiger partial charge in [-0.25, -0.2) is 9.97 Å². The number of aromatic nitrogens is 4. The van der Waals surface area contributed by atoms with Gasteiger partial charge in [0.15, 0.2) is 5.82 Å². The molecule has 8 nitrogen and oxygen atoms in total. The third kappa shape index (κ3) is 3.57. The van der Waals surface area contributed by atoms with Gasteiger partial charge in [0.05, 0.1) is 18.9 Å². The maximum atomic E-state index is 12.7. The molecule has 1 aliphatic heterocycles. The Labute approximate surface area is 147 Å². The highest BCUT2D eigenvalue weighted by Crippen LogP contribution is 2.22. The van der Waals surface area contributed by atoms with Crippen LogP contribution in [-0.2, 0) is 6.54 Å². The summed E-state index contributed by atoms with van der Waals surface area (Å²) < 4.78 is 7.07. The van der Waals surface area contributed by atoms with E-state index in [4.69, 9.17) is 4.74 Å². The van der Waals surface area contributed by atoms with Crippen LogP contribution in [0.5, 0.6) is 5.88 Å². The number of aryl methyl sites for hydroxylation is 1. The standard InChI is InChI=1S/C17H24N6O2/c1-4-23-12(2)14(11-20-23)17(24)22-9-5-13(6-10-22)21-15-16(25-3)19-8-7-18-15/h7-8,11,13H,4-6,9-10H2,1-3H3,(H,18,21). The number of amides is 1. The first-order valence-electron chi connectivity index (χ1n) is 8.57. The van der Waals surface area contributed by atoms with Crippen LogP contribution in [-0.4, -0.2) is 56.8 Å². The van der Waals surface area contributed by atoms with E-state index in [0.29, 0.717) is 30.4 Å². The van der Waals surface area contributed by atoms with Gasteiger partial charge >= 0.3 is 0 Å². The molecule has 0 radical (unpaired) electrons. The third-order valence-electron chi connectivity index (χ3n) is 4.61. The van der Waals surface area contributed by atoms with Gasteiger partial charge < -0.3 is 15.0 Å². The van der Waals surface area contributed by atoms with Crippen LogP contribution in [0.15, 0.2) is 18.6 Å². The molecule has 0 unspecified atom stereocenters. The number of methoxy groups -OCH3 is 1. The molecule has 3 rings (SSSR count). The Morgan fingerprint density at radius 2 is 2.04 bits per heavy atom. The van der Waals surface area contributed by atoms with Crippen LogP contribution in [0.25, 0.3) is 0 Å². The van der Waals surface area contributed by atoms with Crippen molar-refractivity contribution in [3.8, 4) is 5.88 Å². The summed E-state index contributed by atoms with van der Waals surface area (Å²) in [5.41, 5.74) is 1.63. The van der Waals surface area contributed by atoms with Gasteiger partial charge in [0.25, 0.3) is 11.8 Å². The molecular weight excluding hydrogens is 320 g/mol. The summed E-state index contributed by atoms with van der Waals surface area (Å²) in [6.07, 6.45) is 6.62. The lowest BCUT2D eigenvalue weighted by molar-refractivity contribution is 0.0717. The average molecular weight is 344 g/mol. The molecule has 25 heavy (non-hydrogen) atoms. The first kappa shape index (κ1) is 17.2. The third-order valence-corrected chi connectivity index (χ3v) is 4.61. The molecule has 134 valence electrons. The summed E-state index contributed by atoms with van der Waals surface area (Å²) >= 11 is 0. The Morgan fingerprint density at radius 1 is 1.32 bits per heavy atom. The van der Waals surface area contributed by atoms with Crippen molar-refractivity contribution in [2.45, 2.75) is 39.3 Å². The van der Waals surface area contributed by atoms with Crippen molar-refractivity contribution in [1.29, 1.82) is 0 Å². The van der Waals surface area contributed by atoms with Crippen molar-refractivity contribution in [2.75, 3.05) is 25.5 Å². The maximum absolute atomic E-state index is 12.7. The Bertz CT molecular complexity index is 736. The van der Waals surface area contributed by atoms with E-state index in [2.05, 4.69) is 20.4 Å². The van der Waals surface area contributed by atoms with Crippen LogP contribution in [0, 0.1) is 6.92 Å². The minimum Gasteiger partial charge on any atom is -0.478 e. The van der Waals surface area contributed by atoms with Crippen molar-refractivity contribution >= 4 is 11.7 Å². The number of ether oxygens (including phenoxy) is 1. The second-order valence-electron chi connectivity index (χ2n) is 6.08. The highest BCUT2D eigenvalue weighted by Gasteiger charge is 2.26. The SMILES string of the molecule is CCn1ncc(C(=O)N2CCC(Nc3nccnc3OC)CC2)c1C. The lowest BCUT2D eigenvalue weighted by Crippen LogP contribution is -2.42. The predicted molar refractivity (Wildman–Crippen MR) is 93.8 cm³/mol. The Kier molecular flexibility index (Phi) is 5.16. The topological polar surface area (TPSA) is 85.2 Å². The zero-order chi connectivity index (χ0) is 17.8. The molecule has 0 spiro atoms. The largest absolute Gasteiger partial charge is 0.478 e. The summed E-state index contributed by atoms with van der Waals surface area (Å²) in [6, 6.07) is 0.245. The van der Waals surface area contributed by atoms with E-state index >= 15 is 0 Å². The number of nitrogens with zero attached hydrogens (tertiary/aromatic N) is 5. The van der Waals surface area contributed by atoms with Crippen molar-refractivity contribution < 1.29 is 9.53 Å². The molecule has 0 saturated carbocycles. The van der Waals surface area contributed by atoms with Gasteiger partial charge in [-0.3, -0.25) is 9.48 Å². The summed E-state index contributed by atoms with van der Waals surface area (Å²) in [5.74, 6) is 1.20. The number of carbonyl (C=O) groups is 1. The molecule has 2 aromatic rings. The predicted octanol–water partition coefficient (Wildman–Crippen LogP) is 1.73. The van der Waals surface area contributed by atoms with Crippen molar-refractivity contribution in [3.63, 3.8) is 0 Å². The van der Waals surface area contributed by atoms with Gasteiger partial charge in [0.1, 0.15) is 0 Å². The molecule has 0 aromatic carbocycles. The van der Waals surface area contributed by atoms with Gasteiger partial charge in [-0.05, 0) is 26.7 Å². The van der Waals surface area contributed by atoms with Crippen molar-refractivity contribution in [1.82, 2.24) is 24.6 Å². The Balaban J connectivity index is 1.60. The number of hydrogen-bond donors (Lipinski definition) is 1. The van der Waals surface area contributed by atoms with E-state index in [9.17, 15) is 4.79 Å². The molecule has 1 amide bonds. The van der Waals surface area contributed by atoms with E-state index in [0.717, 1.165) is 25.1 Å². The fourth-order valence-corrected chi connectivity index (χ4v) is 3.14. The zero-order valence-corrected chi connectivity index (χ0v) is 14.9. The Morgan fingerprint density at radius 3 is 2.68 bits per heavy atom. The van der Waals surface area contributed by atoms with Crippen LogP contribution < -0.4 is 10.1 Å². The van der Waals surface area contributed by atoms with E-state index in [1.54, 1.807) is 25.7 Å². The van der Waals surface area contributed by atoms with E-state index in [-0.39, 0.29) is 11.9 Å². The number of carbonyl (C=O) groups excluding carboxylic acids is 1. The molecule has 0 aliphatic carbocycles.